The van der Waals surface area contributed by atoms with E-state index in [1.807, 2.05) is 19.1 Å². The second kappa shape index (κ2) is 7.14. The zero-order valence-electron chi connectivity index (χ0n) is 12.3. The molecule has 1 aliphatic heterocycles. The minimum Gasteiger partial charge on any atom is -0.484 e. The summed E-state index contributed by atoms with van der Waals surface area (Å²) in [7, 11) is 1.78. The molecule has 1 fully saturated rings. The molecule has 0 saturated carbocycles. The van der Waals surface area contributed by atoms with Crippen molar-refractivity contribution in [1.82, 2.24) is 10.2 Å². The molecule has 5 heteroatoms. The van der Waals surface area contributed by atoms with Gasteiger partial charge in [-0.05, 0) is 31.2 Å². The molecule has 0 spiro atoms. The summed E-state index contributed by atoms with van der Waals surface area (Å²) < 4.78 is 5.51. The van der Waals surface area contributed by atoms with Crippen LogP contribution in [0.3, 0.4) is 0 Å². The Bertz CT molecular complexity index is 427. The number of carbonyl (C=O) groups is 1. The van der Waals surface area contributed by atoms with Gasteiger partial charge in [0.15, 0.2) is 6.61 Å². The van der Waals surface area contributed by atoms with Gasteiger partial charge in [-0.15, -0.1) is 0 Å². The summed E-state index contributed by atoms with van der Waals surface area (Å²) in [6.07, 6.45) is 0. The van der Waals surface area contributed by atoms with Crippen LogP contribution in [0.4, 0.5) is 5.69 Å². The van der Waals surface area contributed by atoms with Gasteiger partial charge in [0.05, 0.1) is 0 Å². The van der Waals surface area contributed by atoms with Crippen molar-refractivity contribution in [3.8, 4) is 5.75 Å². The number of likely N-dealkylation sites (N-methyl/N-ethyl adjacent to an activating group) is 1. The molecule has 1 saturated heterocycles. The lowest BCUT2D eigenvalue weighted by molar-refractivity contribution is -0.131. The van der Waals surface area contributed by atoms with Gasteiger partial charge in [-0.3, -0.25) is 4.79 Å². The third kappa shape index (κ3) is 3.87. The van der Waals surface area contributed by atoms with Crippen LogP contribution in [0.2, 0.25) is 0 Å². The SMILES string of the molecule is CCN(C)C(=O)COc1ccc(N2CCNCC2)cc1. The van der Waals surface area contributed by atoms with E-state index in [9.17, 15) is 4.79 Å². The van der Waals surface area contributed by atoms with Crippen molar-refractivity contribution in [1.29, 1.82) is 0 Å². The number of hydrogen-bond donors (Lipinski definition) is 1. The fourth-order valence-electron chi connectivity index (χ4n) is 2.11. The van der Waals surface area contributed by atoms with Gasteiger partial charge in [0.1, 0.15) is 5.75 Å². The average molecular weight is 277 g/mol. The van der Waals surface area contributed by atoms with E-state index in [2.05, 4.69) is 22.3 Å². The standard InChI is InChI=1S/C15H23N3O2/c1-3-17(2)15(19)12-20-14-6-4-13(5-7-14)18-10-8-16-9-11-18/h4-7,16H,3,8-12H2,1-2H3. The van der Waals surface area contributed by atoms with Gasteiger partial charge < -0.3 is 19.9 Å². The molecular weight excluding hydrogens is 254 g/mol. The largest absolute Gasteiger partial charge is 0.484 e. The van der Waals surface area contributed by atoms with E-state index in [-0.39, 0.29) is 12.5 Å². The number of nitrogens with zero attached hydrogens (tertiary/aromatic N) is 2. The number of carbonyl (C=O) groups excluding carboxylic acids is 1. The molecule has 1 aromatic rings. The lowest BCUT2D eigenvalue weighted by atomic mass is 10.2. The lowest BCUT2D eigenvalue weighted by Crippen LogP contribution is -2.43. The van der Waals surface area contributed by atoms with Crippen LogP contribution in [0, 0.1) is 0 Å². The summed E-state index contributed by atoms with van der Waals surface area (Å²) in [4.78, 5) is 15.6. The molecule has 20 heavy (non-hydrogen) atoms. The molecule has 1 aliphatic rings. The maximum absolute atomic E-state index is 11.6. The number of ether oxygens (including phenoxy) is 1. The maximum Gasteiger partial charge on any atom is 0.260 e. The first-order chi connectivity index (χ1) is 9.70. The molecule has 0 unspecified atom stereocenters. The first-order valence-corrected chi connectivity index (χ1v) is 7.13. The zero-order chi connectivity index (χ0) is 14.4. The minimum absolute atomic E-state index is 0.00122. The van der Waals surface area contributed by atoms with Crippen molar-refractivity contribution in [3.63, 3.8) is 0 Å². The summed E-state index contributed by atoms with van der Waals surface area (Å²) in [6, 6.07) is 7.95. The van der Waals surface area contributed by atoms with Gasteiger partial charge in [-0.25, -0.2) is 0 Å². The Morgan fingerprint density at radius 2 is 1.95 bits per heavy atom. The van der Waals surface area contributed by atoms with Crippen LogP contribution in [-0.2, 0) is 4.79 Å². The molecule has 0 radical (unpaired) electrons. The van der Waals surface area contributed by atoms with Gasteiger partial charge in [0.25, 0.3) is 5.91 Å². The molecule has 2 rings (SSSR count). The van der Waals surface area contributed by atoms with Crippen LogP contribution in [0.25, 0.3) is 0 Å². The number of amides is 1. The van der Waals surface area contributed by atoms with E-state index in [1.54, 1.807) is 11.9 Å². The smallest absolute Gasteiger partial charge is 0.260 e. The van der Waals surface area contributed by atoms with Crippen molar-refractivity contribution in [2.24, 2.45) is 0 Å². The Hall–Kier alpha value is -1.75. The summed E-state index contributed by atoms with van der Waals surface area (Å²) in [5.41, 5.74) is 1.20. The van der Waals surface area contributed by atoms with E-state index in [0.29, 0.717) is 6.54 Å². The van der Waals surface area contributed by atoms with Gasteiger partial charge >= 0.3 is 0 Å². The number of piperazine rings is 1. The van der Waals surface area contributed by atoms with E-state index in [1.165, 1.54) is 5.69 Å². The molecule has 1 N–H and O–H groups in total. The number of benzene rings is 1. The van der Waals surface area contributed by atoms with Gasteiger partial charge in [-0.2, -0.15) is 0 Å². The maximum atomic E-state index is 11.6. The highest BCUT2D eigenvalue weighted by Crippen LogP contribution is 2.19. The molecule has 1 amide bonds. The molecule has 0 atom stereocenters. The number of nitrogens with one attached hydrogen (secondary N) is 1. The van der Waals surface area contributed by atoms with E-state index < -0.39 is 0 Å². The Labute approximate surface area is 120 Å². The Morgan fingerprint density at radius 1 is 1.30 bits per heavy atom. The number of anilines is 1. The molecule has 5 nitrogen and oxygen atoms in total. The van der Waals surface area contributed by atoms with Crippen molar-refractivity contribution < 1.29 is 9.53 Å². The van der Waals surface area contributed by atoms with Crippen LogP contribution < -0.4 is 15.0 Å². The second-order valence-electron chi connectivity index (χ2n) is 4.93. The quantitative estimate of drug-likeness (QED) is 0.870. The molecule has 1 aromatic carbocycles. The van der Waals surface area contributed by atoms with Gasteiger partial charge in [0.2, 0.25) is 0 Å². The highest BCUT2D eigenvalue weighted by molar-refractivity contribution is 5.77. The summed E-state index contributed by atoms with van der Waals surface area (Å²) in [6.45, 7) is 6.84. The molecule has 1 heterocycles. The first-order valence-electron chi connectivity index (χ1n) is 7.13. The third-order valence-corrected chi connectivity index (χ3v) is 3.58. The molecular formula is C15H23N3O2. The summed E-state index contributed by atoms with van der Waals surface area (Å²) in [5.74, 6) is 0.736. The number of rotatable bonds is 5. The van der Waals surface area contributed by atoms with Crippen molar-refractivity contribution in [3.05, 3.63) is 24.3 Å². The molecule has 0 bridgehead atoms. The van der Waals surface area contributed by atoms with Crippen molar-refractivity contribution >= 4 is 11.6 Å². The van der Waals surface area contributed by atoms with Crippen LogP contribution in [0.5, 0.6) is 5.75 Å². The van der Waals surface area contributed by atoms with Crippen LogP contribution in [0.1, 0.15) is 6.92 Å². The zero-order valence-corrected chi connectivity index (χ0v) is 12.3. The highest BCUT2D eigenvalue weighted by Gasteiger charge is 2.11. The minimum atomic E-state index is -0.00122. The fraction of sp³-hybridized carbons (Fsp3) is 0.533. The highest BCUT2D eigenvalue weighted by atomic mass is 16.5. The Balaban J connectivity index is 1.86. The topological polar surface area (TPSA) is 44.8 Å². The summed E-state index contributed by atoms with van der Waals surface area (Å²) in [5, 5.41) is 3.34. The number of hydrogen-bond acceptors (Lipinski definition) is 4. The van der Waals surface area contributed by atoms with Crippen molar-refractivity contribution in [2.45, 2.75) is 6.92 Å². The first kappa shape index (κ1) is 14.7. The molecule has 110 valence electrons. The van der Waals surface area contributed by atoms with E-state index >= 15 is 0 Å². The molecule has 0 aromatic heterocycles. The normalized spacial score (nSPS) is 15.0. The monoisotopic (exact) mass is 277 g/mol. The van der Waals surface area contributed by atoms with Gasteiger partial charge in [0, 0.05) is 45.5 Å². The predicted octanol–water partition coefficient (Wildman–Crippen LogP) is 0.953. The Kier molecular flexibility index (Phi) is 5.24. The molecule has 0 aliphatic carbocycles. The lowest BCUT2D eigenvalue weighted by Gasteiger charge is -2.29. The fourth-order valence-corrected chi connectivity index (χ4v) is 2.11. The van der Waals surface area contributed by atoms with Crippen LogP contribution >= 0.6 is 0 Å². The van der Waals surface area contributed by atoms with Gasteiger partial charge in [-0.1, -0.05) is 0 Å². The van der Waals surface area contributed by atoms with Crippen LogP contribution in [-0.4, -0.2) is 57.2 Å². The predicted molar refractivity (Wildman–Crippen MR) is 80.3 cm³/mol. The van der Waals surface area contributed by atoms with E-state index in [0.717, 1.165) is 31.9 Å². The van der Waals surface area contributed by atoms with Crippen molar-refractivity contribution in [2.75, 3.05) is 51.3 Å². The third-order valence-electron chi connectivity index (χ3n) is 3.58. The average Bonchev–Trinajstić information content (AvgIpc) is 2.53. The summed E-state index contributed by atoms with van der Waals surface area (Å²) >= 11 is 0. The second-order valence-corrected chi connectivity index (χ2v) is 4.93. The van der Waals surface area contributed by atoms with E-state index in [4.69, 9.17) is 4.74 Å². The Morgan fingerprint density at radius 3 is 2.55 bits per heavy atom. The van der Waals surface area contributed by atoms with Crippen LogP contribution in [0.15, 0.2) is 24.3 Å².